The average Bonchev–Trinajstić information content (AvgIpc) is 3.09. The Morgan fingerprint density at radius 3 is 2.77 bits per heavy atom. The Morgan fingerprint density at radius 1 is 1.14 bits per heavy atom. The molecule has 2 heterocycles. The average molecular weight is 293 g/mol. The predicted molar refractivity (Wildman–Crippen MR) is 82.5 cm³/mol. The van der Waals surface area contributed by atoms with Crippen LogP contribution in [0.4, 0.5) is 5.69 Å². The first-order chi connectivity index (χ1) is 10.8. The Labute approximate surface area is 127 Å². The number of rotatable bonds is 5. The van der Waals surface area contributed by atoms with Crippen molar-refractivity contribution in [2.75, 3.05) is 5.32 Å². The molecule has 0 aliphatic rings. The third-order valence-corrected chi connectivity index (χ3v) is 3.18. The molecule has 0 atom stereocenters. The number of carbonyl (C=O) groups is 1. The zero-order valence-corrected chi connectivity index (χ0v) is 11.9. The van der Waals surface area contributed by atoms with Crippen LogP contribution < -0.4 is 5.32 Å². The number of pyridine rings is 1. The number of aryl methyl sites for hydroxylation is 1. The molecular weight excluding hydrogens is 278 g/mol. The van der Waals surface area contributed by atoms with E-state index < -0.39 is 0 Å². The number of hydrogen-bond donors (Lipinski definition) is 1. The maximum Gasteiger partial charge on any atom is 0.224 e. The minimum Gasteiger partial charge on any atom is -0.323 e. The van der Waals surface area contributed by atoms with Crippen LogP contribution in [0.25, 0.3) is 5.82 Å². The lowest BCUT2D eigenvalue weighted by atomic mass is 10.1. The Hall–Kier alpha value is -3.02. The zero-order valence-electron chi connectivity index (χ0n) is 11.9. The molecular formula is C16H15N5O. The van der Waals surface area contributed by atoms with Crippen LogP contribution >= 0.6 is 0 Å². The minimum absolute atomic E-state index is 0.0572. The molecule has 0 saturated carbocycles. The van der Waals surface area contributed by atoms with Gasteiger partial charge in [-0.3, -0.25) is 4.79 Å². The van der Waals surface area contributed by atoms with Crippen LogP contribution in [0.1, 0.15) is 12.0 Å². The number of amides is 1. The fraction of sp³-hybridized carbons (Fsp3) is 0.125. The van der Waals surface area contributed by atoms with E-state index in [0.29, 0.717) is 24.3 Å². The van der Waals surface area contributed by atoms with Crippen molar-refractivity contribution in [1.82, 2.24) is 19.7 Å². The second-order valence-electron chi connectivity index (χ2n) is 4.75. The van der Waals surface area contributed by atoms with Gasteiger partial charge >= 0.3 is 0 Å². The third-order valence-electron chi connectivity index (χ3n) is 3.18. The molecule has 0 aliphatic carbocycles. The molecule has 2 aromatic heterocycles. The number of aromatic nitrogens is 4. The highest BCUT2D eigenvalue weighted by molar-refractivity contribution is 5.92. The molecule has 1 N–H and O–H groups in total. The summed E-state index contributed by atoms with van der Waals surface area (Å²) in [6.45, 7) is 0. The lowest BCUT2D eigenvalue weighted by Crippen LogP contribution is -2.15. The van der Waals surface area contributed by atoms with Gasteiger partial charge in [0.1, 0.15) is 12.7 Å². The van der Waals surface area contributed by atoms with Gasteiger partial charge in [-0.15, -0.1) is 0 Å². The molecule has 22 heavy (non-hydrogen) atoms. The van der Waals surface area contributed by atoms with Crippen molar-refractivity contribution in [3.63, 3.8) is 0 Å². The fourth-order valence-electron chi connectivity index (χ4n) is 2.11. The largest absolute Gasteiger partial charge is 0.323 e. The van der Waals surface area contributed by atoms with E-state index in [0.717, 1.165) is 5.56 Å². The van der Waals surface area contributed by atoms with E-state index in [2.05, 4.69) is 20.4 Å². The first-order valence-corrected chi connectivity index (χ1v) is 6.97. The summed E-state index contributed by atoms with van der Waals surface area (Å²) < 4.78 is 1.52. The second-order valence-corrected chi connectivity index (χ2v) is 4.75. The lowest BCUT2D eigenvalue weighted by molar-refractivity contribution is -0.116. The van der Waals surface area contributed by atoms with Gasteiger partial charge in [-0.2, -0.15) is 5.10 Å². The standard InChI is InChI=1S/C16H15N5O/c22-15(9-8-13-5-2-1-3-6-13)20-14-7-4-10-18-16(14)21-12-17-11-19-21/h1-7,10-12H,8-9H2,(H,20,22). The van der Waals surface area contributed by atoms with Gasteiger partial charge < -0.3 is 5.32 Å². The summed E-state index contributed by atoms with van der Waals surface area (Å²) in [6, 6.07) is 13.5. The van der Waals surface area contributed by atoms with E-state index in [1.807, 2.05) is 30.3 Å². The van der Waals surface area contributed by atoms with Crippen LogP contribution in [0, 0.1) is 0 Å². The molecule has 3 rings (SSSR count). The molecule has 110 valence electrons. The van der Waals surface area contributed by atoms with E-state index in [1.165, 1.54) is 11.0 Å². The van der Waals surface area contributed by atoms with Gasteiger partial charge in [0.25, 0.3) is 0 Å². The molecule has 0 spiro atoms. The van der Waals surface area contributed by atoms with E-state index in [1.54, 1.807) is 24.7 Å². The Morgan fingerprint density at radius 2 is 2.00 bits per heavy atom. The van der Waals surface area contributed by atoms with E-state index >= 15 is 0 Å². The van der Waals surface area contributed by atoms with Crippen LogP contribution in [-0.4, -0.2) is 25.7 Å². The van der Waals surface area contributed by atoms with Crippen LogP contribution in [0.5, 0.6) is 0 Å². The van der Waals surface area contributed by atoms with E-state index in [4.69, 9.17) is 0 Å². The van der Waals surface area contributed by atoms with Crippen LogP contribution in [0.3, 0.4) is 0 Å². The highest BCUT2D eigenvalue weighted by Crippen LogP contribution is 2.16. The summed E-state index contributed by atoms with van der Waals surface area (Å²) in [5, 5.41) is 6.92. The highest BCUT2D eigenvalue weighted by atomic mass is 16.1. The number of nitrogens with zero attached hydrogens (tertiary/aromatic N) is 4. The fourth-order valence-corrected chi connectivity index (χ4v) is 2.11. The van der Waals surface area contributed by atoms with Crippen LogP contribution in [0.2, 0.25) is 0 Å². The highest BCUT2D eigenvalue weighted by Gasteiger charge is 2.09. The first kappa shape index (κ1) is 13.9. The normalized spacial score (nSPS) is 10.4. The predicted octanol–water partition coefficient (Wildman–Crippen LogP) is 2.23. The van der Waals surface area contributed by atoms with E-state index in [9.17, 15) is 4.79 Å². The summed E-state index contributed by atoms with van der Waals surface area (Å²) in [6.07, 6.45) is 5.73. The van der Waals surface area contributed by atoms with Gasteiger partial charge in [0.15, 0.2) is 5.82 Å². The van der Waals surface area contributed by atoms with Crippen molar-refractivity contribution in [1.29, 1.82) is 0 Å². The Bertz CT molecular complexity index is 740. The summed E-state index contributed by atoms with van der Waals surface area (Å²) in [5.41, 5.74) is 1.76. The van der Waals surface area contributed by atoms with E-state index in [-0.39, 0.29) is 5.91 Å². The van der Waals surface area contributed by atoms with Gasteiger partial charge in [0, 0.05) is 12.6 Å². The molecule has 6 nitrogen and oxygen atoms in total. The molecule has 3 aromatic rings. The van der Waals surface area contributed by atoms with Crippen molar-refractivity contribution < 1.29 is 4.79 Å². The van der Waals surface area contributed by atoms with Gasteiger partial charge in [0.2, 0.25) is 5.91 Å². The van der Waals surface area contributed by atoms with Crippen molar-refractivity contribution >= 4 is 11.6 Å². The first-order valence-electron chi connectivity index (χ1n) is 6.97. The van der Waals surface area contributed by atoms with Gasteiger partial charge in [0.05, 0.1) is 5.69 Å². The minimum atomic E-state index is -0.0572. The van der Waals surface area contributed by atoms with Crippen LogP contribution in [0.15, 0.2) is 61.3 Å². The zero-order chi connectivity index (χ0) is 15.2. The van der Waals surface area contributed by atoms with Gasteiger partial charge in [-0.25, -0.2) is 14.6 Å². The van der Waals surface area contributed by atoms with Crippen molar-refractivity contribution in [3.8, 4) is 5.82 Å². The van der Waals surface area contributed by atoms with Gasteiger partial charge in [-0.1, -0.05) is 30.3 Å². The molecule has 0 unspecified atom stereocenters. The molecule has 0 fully saturated rings. The summed E-state index contributed by atoms with van der Waals surface area (Å²) in [4.78, 5) is 20.3. The lowest BCUT2D eigenvalue weighted by Gasteiger charge is -2.09. The molecule has 0 bridgehead atoms. The molecule has 0 saturated heterocycles. The van der Waals surface area contributed by atoms with Crippen molar-refractivity contribution in [2.24, 2.45) is 0 Å². The second kappa shape index (κ2) is 6.62. The summed E-state index contributed by atoms with van der Waals surface area (Å²) >= 11 is 0. The number of nitrogens with one attached hydrogen (secondary N) is 1. The quantitative estimate of drug-likeness (QED) is 0.783. The van der Waals surface area contributed by atoms with Gasteiger partial charge in [-0.05, 0) is 24.1 Å². The number of hydrogen-bond acceptors (Lipinski definition) is 4. The maximum atomic E-state index is 12.1. The number of benzene rings is 1. The SMILES string of the molecule is O=C(CCc1ccccc1)Nc1cccnc1-n1cncn1. The Balaban J connectivity index is 1.67. The van der Waals surface area contributed by atoms with Crippen molar-refractivity contribution in [2.45, 2.75) is 12.8 Å². The molecule has 0 radical (unpaired) electrons. The maximum absolute atomic E-state index is 12.1. The van der Waals surface area contributed by atoms with Crippen molar-refractivity contribution in [3.05, 3.63) is 66.9 Å². The molecule has 6 heteroatoms. The number of anilines is 1. The van der Waals surface area contributed by atoms with Crippen LogP contribution in [-0.2, 0) is 11.2 Å². The summed E-state index contributed by atoms with van der Waals surface area (Å²) in [5.74, 6) is 0.492. The molecule has 1 amide bonds. The monoisotopic (exact) mass is 293 g/mol. The smallest absolute Gasteiger partial charge is 0.224 e. The molecule has 1 aromatic carbocycles. The third kappa shape index (κ3) is 3.35. The molecule has 0 aliphatic heterocycles. The summed E-state index contributed by atoms with van der Waals surface area (Å²) in [7, 11) is 0. The Kier molecular flexibility index (Phi) is 4.20. The number of carbonyl (C=O) groups excluding carboxylic acids is 1. The topological polar surface area (TPSA) is 72.7 Å².